The van der Waals surface area contributed by atoms with Gasteiger partial charge in [-0.2, -0.15) is 0 Å². The molecule has 0 saturated heterocycles. The summed E-state index contributed by atoms with van der Waals surface area (Å²) < 4.78 is 22.1. The van der Waals surface area contributed by atoms with Crippen LogP contribution in [0.3, 0.4) is 0 Å². The maximum atomic E-state index is 12.0. The van der Waals surface area contributed by atoms with E-state index in [9.17, 15) is 13.2 Å². The van der Waals surface area contributed by atoms with E-state index in [4.69, 9.17) is 0 Å². The molecule has 0 aliphatic carbocycles. The highest BCUT2D eigenvalue weighted by Gasteiger charge is 2.06. The molecule has 22 heavy (non-hydrogen) atoms. The molecule has 7 heteroatoms. The summed E-state index contributed by atoms with van der Waals surface area (Å²) in [5.41, 5.74) is 1.93. The summed E-state index contributed by atoms with van der Waals surface area (Å²) in [4.78, 5) is 16.1. The second-order valence-corrected chi connectivity index (χ2v) is 6.97. The molecule has 1 aromatic carbocycles. The molecule has 6 nitrogen and oxygen atoms in total. The molecule has 0 bridgehead atoms. The van der Waals surface area contributed by atoms with Gasteiger partial charge in [-0.3, -0.25) is 9.78 Å². The number of amides is 1. The summed E-state index contributed by atoms with van der Waals surface area (Å²) in [6.45, 7) is 0.355. The van der Waals surface area contributed by atoms with Gasteiger partial charge in [0.2, 0.25) is 0 Å². The summed E-state index contributed by atoms with van der Waals surface area (Å²) >= 11 is 0. The third kappa shape index (κ3) is 5.17. The third-order valence-electron chi connectivity index (χ3n) is 2.84. The van der Waals surface area contributed by atoms with Gasteiger partial charge in [0.1, 0.15) is 5.88 Å². The van der Waals surface area contributed by atoms with Crippen LogP contribution in [0.4, 0.5) is 5.69 Å². The normalized spacial score (nSPS) is 11.0. The molecule has 0 radical (unpaired) electrons. The lowest BCUT2D eigenvalue weighted by Crippen LogP contribution is -2.23. The number of carbonyl (C=O) groups is 1. The van der Waals surface area contributed by atoms with Crippen LogP contribution in [0, 0.1) is 0 Å². The van der Waals surface area contributed by atoms with Gasteiger partial charge in [-0.15, -0.1) is 0 Å². The summed E-state index contributed by atoms with van der Waals surface area (Å²) in [6, 6.07) is 12.1. The SMILES string of the molecule is CS(=O)(=O)CNc1ccc(C(=O)NCc2ccccn2)cc1. The molecule has 2 N–H and O–H groups in total. The molecule has 0 aliphatic heterocycles. The van der Waals surface area contributed by atoms with Crippen LogP contribution in [-0.2, 0) is 16.4 Å². The number of nitrogens with one attached hydrogen (secondary N) is 2. The molecule has 1 aromatic heterocycles. The Morgan fingerprint density at radius 1 is 1.14 bits per heavy atom. The topological polar surface area (TPSA) is 88.2 Å². The molecular formula is C15H17N3O3S. The van der Waals surface area contributed by atoms with Gasteiger partial charge >= 0.3 is 0 Å². The number of hydrogen-bond donors (Lipinski definition) is 2. The fourth-order valence-electron chi connectivity index (χ4n) is 1.73. The third-order valence-corrected chi connectivity index (χ3v) is 3.51. The first-order valence-corrected chi connectivity index (χ1v) is 8.70. The Balaban J connectivity index is 1.91. The molecule has 2 rings (SSSR count). The number of rotatable bonds is 6. The predicted octanol–water partition coefficient (Wildman–Crippen LogP) is 1.43. The highest BCUT2D eigenvalue weighted by molar-refractivity contribution is 7.90. The minimum Gasteiger partial charge on any atom is -0.372 e. The number of hydrogen-bond acceptors (Lipinski definition) is 5. The van der Waals surface area contributed by atoms with Crippen LogP contribution in [0.25, 0.3) is 0 Å². The van der Waals surface area contributed by atoms with Crippen LogP contribution in [0.15, 0.2) is 48.7 Å². The minimum absolute atomic E-state index is 0.141. The van der Waals surface area contributed by atoms with E-state index in [2.05, 4.69) is 15.6 Å². The quantitative estimate of drug-likeness (QED) is 0.841. The molecular weight excluding hydrogens is 302 g/mol. The van der Waals surface area contributed by atoms with Crippen LogP contribution < -0.4 is 10.6 Å². The van der Waals surface area contributed by atoms with Crippen LogP contribution in [0.5, 0.6) is 0 Å². The second kappa shape index (κ2) is 7.04. The van der Waals surface area contributed by atoms with Gasteiger partial charge in [0.15, 0.2) is 9.84 Å². The molecule has 1 amide bonds. The Morgan fingerprint density at radius 3 is 2.45 bits per heavy atom. The Kier molecular flexibility index (Phi) is 5.11. The van der Waals surface area contributed by atoms with E-state index in [0.29, 0.717) is 17.8 Å². The molecule has 0 unspecified atom stereocenters. The lowest BCUT2D eigenvalue weighted by Gasteiger charge is -2.07. The lowest BCUT2D eigenvalue weighted by molar-refractivity contribution is 0.0950. The Labute approximate surface area is 129 Å². The Hall–Kier alpha value is -2.41. The van der Waals surface area contributed by atoms with Gasteiger partial charge < -0.3 is 10.6 Å². The van der Waals surface area contributed by atoms with E-state index in [1.54, 1.807) is 30.5 Å². The van der Waals surface area contributed by atoms with Crippen molar-refractivity contribution in [3.8, 4) is 0 Å². The highest BCUT2D eigenvalue weighted by atomic mass is 32.2. The maximum Gasteiger partial charge on any atom is 0.251 e. The predicted molar refractivity (Wildman–Crippen MR) is 85.2 cm³/mol. The van der Waals surface area contributed by atoms with Crippen LogP contribution in [0.2, 0.25) is 0 Å². The summed E-state index contributed by atoms with van der Waals surface area (Å²) in [7, 11) is -3.09. The average molecular weight is 319 g/mol. The van der Waals surface area contributed by atoms with Crippen molar-refractivity contribution in [1.82, 2.24) is 10.3 Å². The molecule has 0 spiro atoms. The lowest BCUT2D eigenvalue weighted by atomic mass is 10.2. The van der Waals surface area contributed by atoms with Crippen molar-refractivity contribution >= 4 is 21.4 Å². The van der Waals surface area contributed by atoms with Crippen molar-refractivity contribution in [3.05, 3.63) is 59.9 Å². The van der Waals surface area contributed by atoms with Crippen LogP contribution in [-0.4, -0.2) is 31.4 Å². The van der Waals surface area contributed by atoms with Gasteiger partial charge in [-0.25, -0.2) is 8.42 Å². The average Bonchev–Trinajstić information content (AvgIpc) is 2.51. The number of aromatic nitrogens is 1. The Bertz CT molecular complexity index is 728. The van der Waals surface area contributed by atoms with Crippen molar-refractivity contribution in [3.63, 3.8) is 0 Å². The van der Waals surface area contributed by atoms with Gasteiger partial charge in [0.25, 0.3) is 5.91 Å². The number of nitrogens with zero attached hydrogens (tertiary/aromatic N) is 1. The van der Waals surface area contributed by atoms with E-state index < -0.39 is 9.84 Å². The van der Waals surface area contributed by atoms with Gasteiger partial charge in [-0.05, 0) is 36.4 Å². The minimum atomic E-state index is -3.09. The van der Waals surface area contributed by atoms with E-state index in [-0.39, 0.29) is 11.8 Å². The molecule has 0 aliphatic rings. The van der Waals surface area contributed by atoms with Crippen molar-refractivity contribution in [2.24, 2.45) is 0 Å². The summed E-state index contributed by atoms with van der Waals surface area (Å²) in [5.74, 6) is -0.349. The molecule has 0 fully saturated rings. The van der Waals surface area contributed by atoms with Crippen molar-refractivity contribution in [1.29, 1.82) is 0 Å². The van der Waals surface area contributed by atoms with Crippen molar-refractivity contribution in [2.45, 2.75) is 6.54 Å². The number of anilines is 1. The van der Waals surface area contributed by atoms with Gasteiger partial charge in [0.05, 0.1) is 12.2 Å². The van der Waals surface area contributed by atoms with E-state index in [1.807, 2.05) is 18.2 Å². The first-order valence-electron chi connectivity index (χ1n) is 6.64. The van der Waals surface area contributed by atoms with Gasteiger partial charge in [-0.1, -0.05) is 6.07 Å². The molecule has 0 saturated carbocycles. The monoisotopic (exact) mass is 319 g/mol. The fourth-order valence-corrected chi connectivity index (χ4v) is 2.16. The maximum absolute atomic E-state index is 12.0. The van der Waals surface area contributed by atoms with E-state index in [1.165, 1.54) is 0 Å². The molecule has 0 atom stereocenters. The number of sulfone groups is 1. The first kappa shape index (κ1) is 16.0. The van der Waals surface area contributed by atoms with E-state index >= 15 is 0 Å². The van der Waals surface area contributed by atoms with Crippen LogP contribution in [0.1, 0.15) is 16.1 Å². The van der Waals surface area contributed by atoms with Crippen molar-refractivity contribution < 1.29 is 13.2 Å². The Morgan fingerprint density at radius 2 is 1.86 bits per heavy atom. The highest BCUT2D eigenvalue weighted by Crippen LogP contribution is 2.10. The zero-order valence-corrected chi connectivity index (χ0v) is 12.9. The number of benzene rings is 1. The number of pyridine rings is 1. The largest absolute Gasteiger partial charge is 0.372 e. The molecule has 116 valence electrons. The van der Waals surface area contributed by atoms with E-state index in [0.717, 1.165) is 11.9 Å². The summed E-state index contributed by atoms with van der Waals surface area (Å²) in [5, 5.41) is 5.55. The van der Waals surface area contributed by atoms with Crippen molar-refractivity contribution in [2.75, 3.05) is 17.4 Å². The first-order chi connectivity index (χ1) is 10.4. The molecule has 1 heterocycles. The van der Waals surface area contributed by atoms with Crippen LogP contribution >= 0.6 is 0 Å². The zero-order valence-electron chi connectivity index (χ0n) is 12.1. The molecule has 2 aromatic rings. The van der Waals surface area contributed by atoms with Gasteiger partial charge in [0, 0.05) is 23.7 Å². The number of carbonyl (C=O) groups excluding carboxylic acids is 1. The second-order valence-electron chi connectivity index (χ2n) is 4.83. The summed E-state index contributed by atoms with van der Waals surface area (Å²) in [6.07, 6.45) is 2.82. The fraction of sp³-hybridized carbons (Fsp3) is 0.200. The standard InChI is InChI=1S/C15H17N3O3S/c1-22(20,21)11-18-13-7-5-12(6-8-13)15(19)17-10-14-4-2-3-9-16-14/h2-9,18H,10-11H2,1H3,(H,17,19). The zero-order chi connectivity index (χ0) is 16.0. The smallest absolute Gasteiger partial charge is 0.251 e.